The van der Waals surface area contributed by atoms with Gasteiger partial charge in [-0.15, -0.1) is 0 Å². The molecule has 5 nitrogen and oxygen atoms in total. The summed E-state index contributed by atoms with van der Waals surface area (Å²) in [6.45, 7) is 2.16. The summed E-state index contributed by atoms with van der Waals surface area (Å²) in [5.74, 6) is -0.226. The minimum atomic E-state index is -0.226. The maximum absolute atomic E-state index is 11.9. The molecule has 0 aliphatic rings. The fraction of sp³-hybridized carbons (Fsp3) is 0.200. The number of hydrogen-bond acceptors (Lipinski definition) is 3. The van der Waals surface area contributed by atoms with Crippen LogP contribution < -0.4 is 16.6 Å². The lowest BCUT2D eigenvalue weighted by Crippen LogP contribution is -2.22. The summed E-state index contributed by atoms with van der Waals surface area (Å²) in [6.07, 6.45) is 1.85. The summed E-state index contributed by atoms with van der Waals surface area (Å²) < 4.78 is 1.49. The Labute approximate surface area is 127 Å². The van der Waals surface area contributed by atoms with Gasteiger partial charge in [-0.2, -0.15) is 0 Å². The van der Waals surface area contributed by atoms with Gasteiger partial charge in [0.05, 0.1) is 11.4 Å². The van der Waals surface area contributed by atoms with Crippen LogP contribution in [0.3, 0.4) is 0 Å². The Balaban J connectivity index is 1.99. The fourth-order valence-electron chi connectivity index (χ4n) is 1.86. The number of pyridine rings is 1. The predicted molar refractivity (Wildman–Crippen MR) is 84.6 cm³/mol. The zero-order chi connectivity index (χ0) is 15.4. The van der Waals surface area contributed by atoms with Gasteiger partial charge in [-0.05, 0) is 36.8 Å². The molecule has 0 saturated heterocycles. The summed E-state index contributed by atoms with van der Waals surface area (Å²) >= 11 is 5.86. The van der Waals surface area contributed by atoms with Crippen LogP contribution in [0.2, 0.25) is 5.02 Å². The van der Waals surface area contributed by atoms with E-state index in [1.54, 1.807) is 24.4 Å². The number of carbonyl (C=O) groups is 1. The van der Waals surface area contributed by atoms with Gasteiger partial charge in [-0.3, -0.25) is 9.59 Å². The molecular formula is C15H16ClN3O2. The first-order chi connectivity index (χ1) is 9.95. The largest absolute Gasteiger partial charge is 0.397 e. The van der Waals surface area contributed by atoms with Crippen molar-refractivity contribution < 1.29 is 4.79 Å². The average Bonchev–Trinajstić information content (AvgIpc) is 2.42. The summed E-state index contributed by atoms with van der Waals surface area (Å²) in [7, 11) is 0. The second-order valence-electron chi connectivity index (χ2n) is 4.77. The van der Waals surface area contributed by atoms with E-state index >= 15 is 0 Å². The van der Waals surface area contributed by atoms with E-state index in [4.69, 9.17) is 17.3 Å². The van der Waals surface area contributed by atoms with Crippen molar-refractivity contribution in [2.75, 3.05) is 11.1 Å². The zero-order valence-electron chi connectivity index (χ0n) is 11.6. The van der Waals surface area contributed by atoms with E-state index in [-0.39, 0.29) is 17.9 Å². The number of benzene rings is 1. The Morgan fingerprint density at radius 3 is 2.81 bits per heavy atom. The molecule has 0 bridgehead atoms. The summed E-state index contributed by atoms with van der Waals surface area (Å²) in [4.78, 5) is 23.6. The maximum Gasteiger partial charge on any atom is 0.250 e. The lowest BCUT2D eigenvalue weighted by atomic mass is 10.2. The van der Waals surface area contributed by atoms with Crippen molar-refractivity contribution in [3.8, 4) is 0 Å². The molecular weight excluding hydrogens is 290 g/mol. The normalized spacial score (nSPS) is 10.4. The second-order valence-corrected chi connectivity index (χ2v) is 5.20. The zero-order valence-corrected chi connectivity index (χ0v) is 12.4. The van der Waals surface area contributed by atoms with Crippen molar-refractivity contribution in [2.45, 2.75) is 19.9 Å². The number of nitrogens with zero attached hydrogens (tertiary/aromatic N) is 1. The van der Waals surface area contributed by atoms with Crippen molar-refractivity contribution in [2.24, 2.45) is 0 Å². The standard InChI is InChI=1S/C15H16ClN3O2/c1-10-4-6-19(15(21)8-10)7-5-14(20)18-13-9-11(16)2-3-12(13)17/h2-4,6,8-9H,5,7,17H2,1H3,(H,18,20). The van der Waals surface area contributed by atoms with E-state index in [1.807, 2.05) is 13.0 Å². The van der Waals surface area contributed by atoms with E-state index in [9.17, 15) is 9.59 Å². The lowest BCUT2D eigenvalue weighted by molar-refractivity contribution is -0.116. The molecule has 110 valence electrons. The van der Waals surface area contributed by atoms with Gasteiger partial charge in [0.2, 0.25) is 5.91 Å². The number of aromatic nitrogens is 1. The van der Waals surface area contributed by atoms with Gasteiger partial charge in [-0.1, -0.05) is 11.6 Å². The van der Waals surface area contributed by atoms with E-state index in [1.165, 1.54) is 10.6 Å². The van der Waals surface area contributed by atoms with Crippen LogP contribution in [0.15, 0.2) is 41.3 Å². The maximum atomic E-state index is 11.9. The summed E-state index contributed by atoms with van der Waals surface area (Å²) in [5.41, 5.74) is 7.45. The van der Waals surface area contributed by atoms with Crippen LogP contribution in [0.25, 0.3) is 0 Å². The quantitative estimate of drug-likeness (QED) is 0.852. The molecule has 1 amide bonds. The summed E-state index contributed by atoms with van der Waals surface area (Å²) in [5, 5.41) is 3.18. The van der Waals surface area contributed by atoms with Crippen molar-refractivity contribution in [3.05, 3.63) is 57.5 Å². The molecule has 1 aromatic carbocycles. The first-order valence-corrected chi connectivity index (χ1v) is 6.85. The van der Waals surface area contributed by atoms with E-state index in [2.05, 4.69) is 5.32 Å². The monoisotopic (exact) mass is 305 g/mol. The van der Waals surface area contributed by atoms with Gasteiger partial charge in [-0.25, -0.2) is 0 Å². The molecule has 3 N–H and O–H groups in total. The minimum absolute atomic E-state index is 0.120. The molecule has 21 heavy (non-hydrogen) atoms. The van der Waals surface area contributed by atoms with Crippen molar-refractivity contribution >= 4 is 28.9 Å². The Morgan fingerprint density at radius 2 is 2.10 bits per heavy atom. The topological polar surface area (TPSA) is 77.1 Å². The molecule has 6 heteroatoms. The number of nitrogens with one attached hydrogen (secondary N) is 1. The number of carbonyl (C=O) groups excluding carboxylic acids is 1. The molecule has 0 aliphatic carbocycles. The third kappa shape index (κ3) is 4.10. The molecule has 0 spiro atoms. The molecule has 0 radical (unpaired) electrons. The molecule has 1 aromatic heterocycles. The van der Waals surface area contributed by atoms with E-state index in [0.29, 0.717) is 22.9 Å². The van der Waals surface area contributed by atoms with Crippen LogP contribution in [0.1, 0.15) is 12.0 Å². The predicted octanol–water partition coefficient (Wildman–Crippen LogP) is 2.42. The number of hydrogen-bond donors (Lipinski definition) is 2. The van der Waals surface area contributed by atoms with Gasteiger partial charge in [0.25, 0.3) is 5.56 Å². The van der Waals surface area contributed by atoms with Crippen LogP contribution >= 0.6 is 11.6 Å². The number of aryl methyl sites for hydroxylation is 2. The first kappa shape index (κ1) is 15.1. The second kappa shape index (κ2) is 6.45. The Bertz CT molecular complexity index is 725. The van der Waals surface area contributed by atoms with Crippen molar-refractivity contribution in [1.29, 1.82) is 0 Å². The number of nitrogens with two attached hydrogens (primary N) is 1. The van der Waals surface area contributed by atoms with Gasteiger partial charge in [0, 0.05) is 30.3 Å². The number of anilines is 2. The highest BCUT2D eigenvalue weighted by Crippen LogP contribution is 2.22. The van der Waals surface area contributed by atoms with E-state index < -0.39 is 0 Å². The first-order valence-electron chi connectivity index (χ1n) is 6.47. The van der Waals surface area contributed by atoms with Crippen molar-refractivity contribution in [1.82, 2.24) is 4.57 Å². The summed E-state index contributed by atoms with van der Waals surface area (Å²) in [6, 6.07) is 8.23. The smallest absolute Gasteiger partial charge is 0.250 e. The Hall–Kier alpha value is -2.27. The van der Waals surface area contributed by atoms with Gasteiger partial charge in [0.15, 0.2) is 0 Å². The Kier molecular flexibility index (Phi) is 4.65. The molecule has 0 fully saturated rings. The molecule has 1 heterocycles. The average molecular weight is 306 g/mol. The van der Waals surface area contributed by atoms with Crippen LogP contribution in [0.4, 0.5) is 11.4 Å². The molecule has 0 saturated carbocycles. The van der Waals surface area contributed by atoms with Crippen LogP contribution in [0.5, 0.6) is 0 Å². The third-order valence-corrected chi connectivity index (χ3v) is 3.26. The van der Waals surface area contributed by atoms with Crippen molar-refractivity contribution in [3.63, 3.8) is 0 Å². The fourth-order valence-corrected chi connectivity index (χ4v) is 2.04. The van der Waals surface area contributed by atoms with Crippen LogP contribution in [-0.2, 0) is 11.3 Å². The highest BCUT2D eigenvalue weighted by Gasteiger charge is 2.07. The molecule has 2 rings (SSSR count). The number of nitrogen functional groups attached to an aromatic ring is 1. The van der Waals surface area contributed by atoms with Crippen LogP contribution in [-0.4, -0.2) is 10.5 Å². The minimum Gasteiger partial charge on any atom is -0.397 e. The molecule has 0 atom stereocenters. The third-order valence-electron chi connectivity index (χ3n) is 3.02. The highest BCUT2D eigenvalue weighted by atomic mass is 35.5. The molecule has 0 aliphatic heterocycles. The number of rotatable bonds is 4. The molecule has 2 aromatic rings. The van der Waals surface area contributed by atoms with Gasteiger partial charge >= 0.3 is 0 Å². The van der Waals surface area contributed by atoms with Gasteiger partial charge in [0.1, 0.15) is 0 Å². The van der Waals surface area contributed by atoms with Crippen LogP contribution in [0, 0.1) is 6.92 Å². The molecule has 0 unspecified atom stereocenters. The van der Waals surface area contributed by atoms with E-state index in [0.717, 1.165) is 5.56 Å². The SMILES string of the molecule is Cc1ccn(CCC(=O)Nc2cc(Cl)ccc2N)c(=O)c1. The van der Waals surface area contributed by atoms with Gasteiger partial charge < -0.3 is 15.6 Å². The number of halogens is 1. The highest BCUT2D eigenvalue weighted by molar-refractivity contribution is 6.31. The number of amides is 1. The lowest BCUT2D eigenvalue weighted by Gasteiger charge is -2.09. The Morgan fingerprint density at radius 1 is 1.33 bits per heavy atom.